The van der Waals surface area contributed by atoms with Gasteiger partial charge < -0.3 is 20.1 Å². The van der Waals surface area contributed by atoms with Crippen molar-refractivity contribution in [1.82, 2.24) is 0 Å². The lowest BCUT2D eigenvalue weighted by Gasteiger charge is -2.21. The molecule has 2 N–H and O–H groups in total. The van der Waals surface area contributed by atoms with Gasteiger partial charge in [0.05, 0.1) is 14.2 Å². The zero-order valence-electron chi connectivity index (χ0n) is 11.4. The number of ether oxygens (including phenoxy) is 2. The summed E-state index contributed by atoms with van der Waals surface area (Å²) in [6, 6.07) is 0. The third kappa shape index (κ3) is 2.78. The fraction of sp³-hybridized carbons (Fsp3) is 0.615. The average Bonchev–Trinajstić information content (AvgIpc) is 2.61. The molecule has 0 saturated carbocycles. The average molecular weight is 284 g/mol. The first kappa shape index (κ1) is 14.0. The lowest BCUT2D eigenvalue weighted by molar-refractivity contribution is 0.0607. The number of methoxy groups -OCH3 is 2. The Labute approximate surface area is 117 Å². The summed E-state index contributed by atoms with van der Waals surface area (Å²) < 4.78 is 10.1. The van der Waals surface area contributed by atoms with Crippen LogP contribution in [0, 0.1) is 0 Å². The van der Waals surface area contributed by atoms with Crippen molar-refractivity contribution >= 4 is 28.0 Å². The minimum absolute atomic E-state index is 0.388. The van der Waals surface area contributed by atoms with E-state index in [1.54, 1.807) is 7.11 Å². The second kappa shape index (κ2) is 6.14. The highest BCUT2D eigenvalue weighted by molar-refractivity contribution is 7.19. The predicted molar refractivity (Wildman–Crippen MR) is 77.3 cm³/mol. The Balaban J connectivity index is 2.35. The summed E-state index contributed by atoms with van der Waals surface area (Å²) >= 11 is 1.36. The number of esters is 1. The molecule has 1 fully saturated rings. The third-order valence-corrected chi connectivity index (χ3v) is 4.58. The Morgan fingerprint density at radius 2 is 1.84 bits per heavy atom. The number of thiophene rings is 1. The van der Waals surface area contributed by atoms with E-state index in [4.69, 9.17) is 15.2 Å². The summed E-state index contributed by atoms with van der Waals surface area (Å²) in [5.41, 5.74) is 6.38. The van der Waals surface area contributed by atoms with Crippen LogP contribution < -0.4 is 15.4 Å². The second-order valence-corrected chi connectivity index (χ2v) is 5.58. The van der Waals surface area contributed by atoms with Crippen molar-refractivity contribution in [2.75, 3.05) is 37.9 Å². The molecule has 0 unspecified atom stereocenters. The van der Waals surface area contributed by atoms with E-state index in [2.05, 4.69) is 4.90 Å². The largest absolute Gasteiger partial charge is 0.492 e. The summed E-state index contributed by atoms with van der Waals surface area (Å²) in [5, 5.41) is 0.947. The Hall–Kier alpha value is -1.43. The van der Waals surface area contributed by atoms with Crippen molar-refractivity contribution in [2.24, 2.45) is 0 Å². The maximum absolute atomic E-state index is 11.7. The van der Waals surface area contributed by atoms with Gasteiger partial charge in [0.15, 0.2) is 5.75 Å². The second-order valence-electron chi connectivity index (χ2n) is 4.58. The molecule has 106 valence electrons. The topological polar surface area (TPSA) is 64.8 Å². The van der Waals surface area contributed by atoms with E-state index in [0.29, 0.717) is 16.3 Å². The summed E-state index contributed by atoms with van der Waals surface area (Å²) in [6.45, 7) is 1.97. The molecule has 2 rings (SSSR count). The van der Waals surface area contributed by atoms with E-state index in [0.717, 1.165) is 30.9 Å². The van der Waals surface area contributed by atoms with Gasteiger partial charge in [0, 0.05) is 13.1 Å². The molecular weight excluding hydrogens is 264 g/mol. The van der Waals surface area contributed by atoms with Crippen LogP contribution in [0.1, 0.15) is 35.4 Å². The van der Waals surface area contributed by atoms with Gasteiger partial charge in [0.1, 0.15) is 15.6 Å². The van der Waals surface area contributed by atoms with Gasteiger partial charge in [-0.3, -0.25) is 0 Å². The Kier molecular flexibility index (Phi) is 4.52. The fourth-order valence-electron chi connectivity index (χ4n) is 2.34. The smallest absolute Gasteiger partial charge is 0.350 e. The molecule has 0 atom stereocenters. The van der Waals surface area contributed by atoms with Crippen LogP contribution in [0.4, 0.5) is 10.7 Å². The number of carbonyl (C=O) groups is 1. The van der Waals surface area contributed by atoms with Crippen LogP contribution in [0.15, 0.2) is 0 Å². The third-order valence-electron chi connectivity index (χ3n) is 3.35. The van der Waals surface area contributed by atoms with Crippen molar-refractivity contribution in [2.45, 2.75) is 25.7 Å². The SMILES string of the molecule is COC(=O)c1sc(N2CCCCCC2)c(OC)c1N. The molecule has 6 heteroatoms. The van der Waals surface area contributed by atoms with Gasteiger partial charge in [-0.15, -0.1) is 11.3 Å². The van der Waals surface area contributed by atoms with Crippen molar-refractivity contribution in [1.29, 1.82) is 0 Å². The fourth-order valence-corrected chi connectivity index (χ4v) is 3.50. The van der Waals surface area contributed by atoms with Gasteiger partial charge in [-0.1, -0.05) is 12.8 Å². The van der Waals surface area contributed by atoms with Gasteiger partial charge >= 0.3 is 5.97 Å². The Morgan fingerprint density at radius 3 is 2.37 bits per heavy atom. The summed E-state index contributed by atoms with van der Waals surface area (Å²) in [6.07, 6.45) is 4.83. The first-order valence-corrected chi connectivity index (χ1v) is 7.30. The number of nitrogen functional groups attached to an aromatic ring is 1. The van der Waals surface area contributed by atoms with Crippen LogP contribution in [0.2, 0.25) is 0 Å². The summed E-state index contributed by atoms with van der Waals surface area (Å²) in [7, 11) is 2.94. The number of rotatable bonds is 3. The molecule has 0 spiro atoms. The number of anilines is 2. The number of carbonyl (C=O) groups excluding carboxylic acids is 1. The number of hydrogen-bond donors (Lipinski definition) is 1. The molecule has 1 aliphatic heterocycles. The highest BCUT2D eigenvalue weighted by Gasteiger charge is 2.26. The molecule has 1 saturated heterocycles. The van der Waals surface area contributed by atoms with Gasteiger partial charge in [-0.2, -0.15) is 0 Å². The number of nitrogens with zero attached hydrogens (tertiary/aromatic N) is 1. The van der Waals surface area contributed by atoms with Crippen LogP contribution in [0.25, 0.3) is 0 Å². The molecule has 0 radical (unpaired) electrons. The van der Waals surface area contributed by atoms with E-state index in [1.807, 2.05) is 0 Å². The Bertz CT molecular complexity index is 451. The van der Waals surface area contributed by atoms with Crippen molar-refractivity contribution in [3.63, 3.8) is 0 Å². The highest BCUT2D eigenvalue weighted by atomic mass is 32.1. The Morgan fingerprint density at radius 1 is 1.21 bits per heavy atom. The summed E-state index contributed by atoms with van der Waals surface area (Å²) in [5.74, 6) is 0.203. The first-order chi connectivity index (χ1) is 9.19. The molecule has 1 aliphatic rings. The molecule has 0 amide bonds. The van der Waals surface area contributed by atoms with Crippen LogP contribution in [0.5, 0.6) is 5.75 Å². The zero-order valence-corrected chi connectivity index (χ0v) is 12.2. The van der Waals surface area contributed by atoms with Crippen LogP contribution in [-0.4, -0.2) is 33.3 Å². The molecule has 5 nitrogen and oxygen atoms in total. The molecule has 0 bridgehead atoms. The minimum Gasteiger partial charge on any atom is -0.492 e. The number of hydrogen-bond acceptors (Lipinski definition) is 6. The van der Waals surface area contributed by atoms with E-state index in [1.165, 1.54) is 31.3 Å². The van der Waals surface area contributed by atoms with Crippen LogP contribution >= 0.6 is 11.3 Å². The monoisotopic (exact) mass is 284 g/mol. The maximum atomic E-state index is 11.7. The molecule has 19 heavy (non-hydrogen) atoms. The quantitative estimate of drug-likeness (QED) is 0.864. The lowest BCUT2D eigenvalue weighted by Crippen LogP contribution is -2.23. The summed E-state index contributed by atoms with van der Waals surface area (Å²) in [4.78, 5) is 14.4. The zero-order chi connectivity index (χ0) is 13.8. The predicted octanol–water partition coefficient (Wildman–Crippen LogP) is 2.51. The van der Waals surface area contributed by atoms with Gasteiger partial charge in [0.2, 0.25) is 0 Å². The van der Waals surface area contributed by atoms with E-state index in [-0.39, 0.29) is 0 Å². The van der Waals surface area contributed by atoms with Crippen LogP contribution in [0.3, 0.4) is 0 Å². The van der Waals surface area contributed by atoms with Gasteiger partial charge in [0.25, 0.3) is 0 Å². The van der Waals surface area contributed by atoms with Gasteiger partial charge in [-0.05, 0) is 12.8 Å². The van der Waals surface area contributed by atoms with Crippen molar-refractivity contribution in [3.05, 3.63) is 4.88 Å². The molecule has 1 aromatic rings. The standard InChI is InChI=1S/C13H20N2O3S/c1-17-10-9(14)11(13(16)18-2)19-12(10)15-7-5-3-4-6-8-15/h3-8,14H2,1-2H3. The molecule has 0 aromatic carbocycles. The molecule has 1 aromatic heterocycles. The van der Waals surface area contributed by atoms with E-state index >= 15 is 0 Å². The number of nitrogens with two attached hydrogens (primary N) is 1. The lowest BCUT2D eigenvalue weighted by atomic mass is 10.2. The van der Waals surface area contributed by atoms with Gasteiger partial charge in [-0.25, -0.2) is 4.79 Å². The highest BCUT2D eigenvalue weighted by Crippen LogP contribution is 2.45. The van der Waals surface area contributed by atoms with Crippen molar-refractivity contribution < 1.29 is 14.3 Å². The van der Waals surface area contributed by atoms with E-state index in [9.17, 15) is 4.79 Å². The van der Waals surface area contributed by atoms with Crippen molar-refractivity contribution in [3.8, 4) is 5.75 Å². The van der Waals surface area contributed by atoms with Crippen LogP contribution in [-0.2, 0) is 4.74 Å². The molecule has 0 aliphatic carbocycles. The minimum atomic E-state index is -0.401. The maximum Gasteiger partial charge on any atom is 0.350 e. The van der Waals surface area contributed by atoms with E-state index < -0.39 is 5.97 Å². The first-order valence-electron chi connectivity index (χ1n) is 6.48. The molecule has 2 heterocycles. The molecular formula is C13H20N2O3S. The normalized spacial score (nSPS) is 16.0.